The first kappa shape index (κ1) is 20.5. The van der Waals surface area contributed by atoms with Gasteiger partial charge in [-0.2, -0.15) is 0 Å². The predicted molar refractivity (Wildman–Crippen MR) is 111 cm³/mol. The number of carbonyl (C=O) groups excluding carboxylic acids is 1. The molecule has 3 heterocycles. The van der Waals surface area contributed by atoms with Crippen LogP contribution in [0.4, 0.5) is 0 Å². The molecule has 1 aliphatic heterocycles. The summed E-state index contributed by atoms with van der Waals surface area (Å²) >= 11 is 2.76. The maximum atomic E-state index is 12.9. The normalized spacial score (nSPS) is 19.1. The van der Waals surface area contributed by atoms with E-state index in [0.717, 1.165) is 38.8 Å². The predicted octanol–water partition coefficient (Wildman–Crippen LogP) is 4.54. The van der Waals surface area contributed by atoms with Crippen LogP contribution >= 0.6 is 22.7 Å². The maximum absolute atomic E-state index is 12.9. The molecule has 2 aromatic heterocycles. The summed E-state index contributed by atoms with van der Waals surface area (Å²) in [6.45, 7) is 6.35. The Morgan fingerprint density at radius 2 is 1.70 bits per heavy atom. The number of ether oxygens (including phenoxy) is 1. The van der Waals surface area contributed by atoms with E-state index in [2.05, 4.69) is 19.2 Å². The minimum Gasteiger partial charge on any atom is -0.460 e. The van der Waals surface area contributed by atoms with Crippen LogP contribution in [-0.2, 0) is 15.1 Å². The minimum absolute atomic E-state index is 0.0675. The van der Waals surface area contributed by atoms with Gasteiger partial charge in [0.15, 0.2) is 0 Å². The van der Waals surface area contributed by atoms with Gasteiger partial charge in [0.2, 0.25) is 5.60 Å². The molecule has 2 N–H and O–H groups in total. The highest BCUT2D eigenvalue weighted by molar-refractivity contribution is 7.12. The van der Waals surface area contributed by atoms with E-state index >= 15 is 0 Å². The van der Waals surface area contributed by atoms with E-state index in [9.17, 15) is 9.90 Å². The molecule has 148 valence electrons. The van der Waals surface area contributed by atoms with Crippen LogP contribution in [0, 0.1) is 5.41 Å². The monoisotopic (exact) mass is 407 g/mol. The van der Waals surface area contributed by atoms with E-state index in [-0.39, 0.29) is 6.10 Å². The second kappa shape index (κ2) is 8.86. The molecule has 0 atom stereocenters. The fourth-order valence-corrected chi connectivity index (χ4v) is 5.60. The Morgan fingerprint density at radius 3 is 2.15 bits per heavy atom. The van der Waals surface area contributed by atoms with E-state index in [1.807, 2.05) is 22.9 Å². The number of nitrogens with one attached hydrogen (secondary N) is 1. The Kier molecular flexibility index (Phi) is 6.74. The van der Waals surface area contributed by atoms with Gasteiger partial charge in [0.25, 0.3) is 0 Å². The largest absolute Gasteiger partial charge is 0.460 e. The van der Waals surface area contributed by atoms with Crippen molar-refractivity contribution in [2.75, 3.05) is 13.1 Å². The molecule has 6 heteroatoms. The summed E-state index contributed by atoms with van der Waals surface area (Å²) in [5.41, 5.74) is -1.33. The zero-order valence-corrected chi connectivity index (χ0v) is 17.7. The van der Waals surface area contributed by atoms with Crippen LogP contribution in [0.25, 0.3) is 0 Å². The van der Waals surface area contributed by atoms with Crippen LogP contribution < -0.4 is 5.32 Å². The number of piperidine rings is 1. The molecule has 0 aromatic carbocycles. The molecular weight excluding hydrogens is 378 g/mol. The van der Waals surface area contributed by atoms with Crippen molar-refractivity contribution in [2.45, 2.75) is 57.7 Å². The summed E-state index contributed by atoms with van der Waals surface area (Å²) < 4.78 is 5.73. The van der Waals surface area contributed by atoms with Crippen LogP contribution in [0.1, 0.15) is 55.7 Å². The van der Waals surface area contributed by atoms with Crippen molar-refractivity contribution >= 4 is 28.6 Å². The van der Waals surface area contributed by atoms with E-state index < -0.39 is 11.6 Å². The number of esters is 1. The number of carbonyl (C=O) groups is 1. The van der Waals surface area contributed by atoms with Gasteiger partial charge in [0.1, 0.15) is 6.10 Å². The molecule has 4 rings (SSSR count). The molecule has 2 fully saturated rings. The van der Waals surface area contributed by atoms with E-state index in [1.165, 1.54) is 29.1 Å². The molecule has 0 unspecified atom stereocenters. The average molecular weight is 408 g/mol. The van der Waals surface area contributed by atoms with Crippen LogP contribution in [0.3, 0.4) is 0 Å². The molecule has 1 aliphatic carbocycles. The number of hydrogen-bond donors (Lipinski definition) is 2. The number of thiophene rings is 2. The van der Waals surface area contributed by atoms with Crippen molar-refractivity contribution in [1.82, 2.24) is 5.32 Å². The van der Waals surface area contributed by atoms with Crippen molar-refractivity contribution in [1.29, 1.82) is 0 Å². The van der Waals surface area contributed by atoms with Crippen LogP contribution in [0.2, 0.25) is 0 Å². The lowest BCUT2D eigenvalue weighted by Gasteiger charge is -2.49. The summed E-state index contributed by atoms with van der Waals surface area (Å²) in [4.78, 5) is 14.1. The first-order valence-electron chi connectivity index (χ1n) is 9.76. The zero-order chi connectivity index (χ0) is 19.3. The van der Waals surface area contributed by atoms with Crippen molar-refractivity contribution in [2.24, 2.45) is 5.41 Å². The van der Waals surface area contributed by atoms with Gasteiger partial charge in [-0.1, -0.05) is 32.4 Å². The topological polar surface area (TPSA) is 58.6 Å². The van der Waals surface area contributed by atoms with Crippen molar-refractivity contribution < 1.29 is 14.6 Å². The summed E-state index contributed by atoms with van der Waals surface area (Å²) in [6.07, 6.45) is 5.33. The number of aliphatic hydroxyl groups is 1. The first-order valence-corrected chi connectivity index (χ1v) is 11.5. The smallest absolute Gasteiger partial charge is 0.349 e. The first-order chi connectivity index (χ1) is 13.0. The quantitative estimate of drug-likeness (QED) is 0.731. The highest BCUT2D eigenvalue weighted by Crippen LogP contribution is 2.50. The Labute approximate surface area is 169 Å². The van der Waals surface area contributed by atoms with Gasteiger partial charge in [0, 0.05) is 0 Å². The second-order valence-electron chi connectivity index (χ2n) is 7.56. The van der Waals surface area contributed by atoms with Gasteiger partial charge in [-0.15, -0.1) is 22.7 Å². The fraction of sp³-hybridized carbons (Fsp3) is 0.571. The van der Waals surface area contributed by atoms with Crippen LogP contribution in [0.15, 0.2) is 35.0 Å². The highest BCUT2D eigenvalue weighted by atomic mass is 32.1. The zero-order valence-electron chi connectivity index (χ0n) is 16.1. The average Bonchev–Trinajstić information content (AvgIpc) is 3.35. The number of rotatable bonds is 4. The van der Waals surface area contributed by atoms with E-state index in [1.54, 1.807) is 12.1 Å². The molecule has 0 radical (unpaired) electrons. The number of hydrogen-bond acceptors (Lipinski definition) is 6. The lowest BCUT2D eigenvalue weighted by molar-refractivity contribution is -0.180. The Balaban J connectivity index is 0.000000659. The molecule has 0 amide bonds. The van der Waals surface area contributed by atoms with Crippen molar-refractivity contribution in [3.05, 3.63) is 44.8 Å². The van der Waals surface area contributed by atoms with Crippen LogP contribution in [-0.4, -0.2) is 30.3 Å². The van der Waals surface area contributed by atoms with Crippen molar-refractivity contribution in [3.8, 4) is 0 Å². The summed E-state index contributed by atoms with van der Waals surface area (Å²) in [5, 5.41) is 18.3. The highest BCUT2D eigenvalue weighted by Gasteiger charge is 2.50. The van der Waals surface area contributed by atoms with Gasteiger partial charge in [-0.05, 0) is 67.1 Å². The molecule has 4 nitrogen and oxygen atoms in total. The lowest BCUT2D eigenvalue weighted by atomic mass is 9.61. The molecule has 1 spiro atoms. The lowest BCUT2D eigenvalue weighted by Crippen LogP contribution is -2.51. The summed E-state index contributed by atoms with van der Waals surface area (Å²) in [7, 11) is 0. The minimum atomic E-state index is -1.68. The van der Waals surface area contributed by atoms with E-state index in [4.69, 9.17) is 4.74 Å². The van der Waals surface area contributed by atoms with Crippen LogP contribution in [0.5, 0.6) is 0 Å². The van der Waals surface area contributed by atoms with Gasteiger partial charge < -0.3 is 15.2 Å². The molecule has 1 saturated carbocycles. The third-order valence-electron chi connectivity index (χ3n) is 5.31. The standard InChI is InChI=1S/C18H21NO3S2.C3H8/c20-16(22-13-11-17(12-13)5-7-19-8-6-17)18(21,14-3-1-9-23-14)15-4-2-10-24-15;1-3-2/h1-4,9-10,13,19,21H,5-8,11-12H2;3H2,1-2H3. The third-order valence-corrected chi connectivity index (χ3v) is 7.27. The third kappa shape index (κ3) is 4.29. The molecule has 0 bridgehead atoms. The van der Waals surface area contributed by atoms with Crippen molar-refractivity contribution in [3.63, 3.8) is 0 Å². The summed E-state index contributed by atoms with van der Waals surface area (Å²) in [6, 6.07) is 7.28. The Morgan fingerprint density at radius 1 is 1.19 bits per heavy atom. The van der Waals surface area contributed by atoms with E-state index in [0.29, 0.717) is 15.2 Å². The molecule has 2 aromatic rings. The molecule has 27 heavy (non-hydrogen) atoms. The maximum Gasteiger partial charge on any atom is 0.349 e. The van der Waals surface area contributed by atoms with Gasteiger partial charge in [0.05, 0.1) is 9.75 Å². The Bertz CT molecular complexity index is 664. The van der Waals surface area contributed by atoms with Gasteiger partial charge >= 0.3 is 5.97 Å². The molecular formula is C21H29NO3S2. The summed E-state index contributed by atoms with van der Waals surface area (Å²) in [5.74, 6) is -0.541. The SMILES string of the molecule is CCC.O=C(OC1CC2(CCNCC2)C1)C(O)(c1cccs1)c1cccs1. The molecule has 1 saturated heterocycles. The Hall–Kier alpha value is -1.21. The molecule has 2 aliphatic rings. The second-order valence-corrected chi connectivity index (χ2v) is 9.45. The van der Waals surface area contributed by atoms with Gasteiger partial charge in [-0.25, -0.2) is 4.79 Å². The fourth-order valence-electron chi connectivity index (χ4n) is 3.88. The van der Waals surface area contributed by atoms with Gasteiger partial charge in [-0.3, -0.25) is 0 Å².